The third-order valence-corrected chi connectivity index (χ3v) is 11.6. The normalized spacial score (nSPS) is 20.7. The summed E-state index contributed by atoms with van der Waals surface area (Å²) in [6.45, 7) is 1.25. The van der Waals surface area contributed by atoms with E-state index >= 15 is 0 Å². The molecule has 3 aromatic rings. The Morgan fingerprint density at radius 3 is 2.75 bits per heavy atom. The van der Waals surface area contributed by atoms with E-state index in [1.807, 2.05) is 0 Å². The molecule has 12 nitrogen and oxygen atoms in total. The predicted octanol–water partition coefficient (Wildman–Crippen LogP) is 1.59. The van der Waals surface area contributed by atoms with E-state index in [9.17, 15) is 21.9 Å². The minimum atomic E-state index is -3.86. The summed E-state index contributed by atoms with van der Waals surface area (Å²) in [4.78, 5) is 0.0718. The van der Waals surface area contributed by atoms with Gasteiger partial charge >= 0.3 is 0 Å². The SMILES string of the molecule is CNS(=O)(=O)c1cccc(OC[C@@H](O)CNC2COC3(CCN(S(=O)(=O)c4c(Cl)ccc5nsnc45)CC3)C2)c1. The van der Waals surface area contributed by atoms with Crippen molar-refractivity contribution in [2.24, 2.45) is 0 Å². The fraction of sp³-hybridized carbons (Fsp3) is 0.500. The van der Waals surface area contributed by atoms with E-state index in [-0.39, 0.29) is 52.6 Å². The second kappa shape index (κ2) is 11.7. The highest BCUT2D eigenvalue weighted by molar-refractivity contribution is 7.89. The first-order valence-electron chi connectivity index (χ1n) is 12.7. The Morgan fingerprint density at radius 2 is 2.00 bits per heavy atom. The van der Waals surface area contributed by atoms with Gasteiger partial charge in [-0.05, 0) is 50.6 Å². The molecule has 3 heterocycles. The van der Waals surface area contributed by atoms with E-state index in [0.717, 1.165) is 11.7 Å². The number of aliphatic hydroxyl groups excluding tert-OH is 1. The summed E-state index contributed by atoms with van der Waals surface area (Å²) in [7, 11) is -6.12. The third kappa shape index (κ3) is 6.12. The molecule has 2 saturated heterocycles. The van der Waals surface area contributed by atoms with E-state index in [0.29, 0.717) is 37.1 Å². The van der Waals surface area contributed by atoms with E-state index in [1.54, 1.807) is 18.2 Å². The summed E-state index contributed by atoms with van der Waals surface area (Å²) in [6, 6.07) is 9.23. The molecule has 40 heavy (non-hydrogen) atoms. The number of nitrogens with one attached hydrogen (secondary N) is 2. The van der Waals surface area contributed by atoms with Crippen LogP contribution in [0.4, 0.5) is 0 Å². The Balaban J connectivity index is 1.11. The lowest BCUT2D eigenvalue weighted by Gasteiger charge is -2.38. The zero-order valence-electron chi connectivity index (χ0n) is 21.6. The molecule has 218 valence electrons. The van der Waals surface area contributed by atoms with Crippen LogP contribution in [0.2, 0.25) is 5.02 Å². The van der Waals surface area contributed by atoms with Gasteiger partial charge in [-0.1, -0.05) is 17.7 Å². The molecular weight excluding hydrogens is 602 g/mol. The molecule has 1 unspecified atom stereocenters. The Morgan fingerprint density at radius 1 is 1.23 bits per heavy atom. The van der Waals surface area contributed by atoms with Crippen LogP contribution in [0, 0.1) is 0 Å². The molecular formula is C24H30ClN5O7S3. The molecule has 1 aromatic heterocycles. The summed E-state index contributed by atoms with van der Waals surface area (Å²) in [5.41, 5.74) is 0.345. The van der Waals surface area contributed by atoms with Gasteiger partial charge in [0.1, 0.15) is 34.4 Å². The van der Waals surface area contributed by atoms with Crippen LogP contribution in [0.3, 0.4) is 0 Å². The lowest BCUT2D eigenvalue weighted by Crippen LogP contribution is -2.47. The highest BCUT2D eigenvalue weighted by Gasteiger charge is 2.45. The molecule has 0 bridgehead atoms. The summed E-state index contributed by atoms with van der Waals surface area (Å²) in [5.74, 6) is 0.337. The molecule has 2 atom stereocenters. The molecule has 0 radical (unpaired) electrons. The maximum atomic E-state index is 13.5. The van der Waals surface area contributed by atoms with Crippen LogP contribution in [0.25, 0.3) is 11.0 Å². The minimum absolute atomic E-state index is 0.00478. The van der Waals surface area contributed by atoms with Crippen molar-refractivity contribution in [2.45, 2.75) is 46.8 Å². The van der Waals surface area contributed by atoms with Crippen LogP contribution in [-0.2, 0) is 24.8 Å². The summed E-state index contributed by atoms with van der Waals surface area (Å²) >= 11 is 7.24. The second-order valence-electron chi connectivity index (χ2n) is 9.86. The van der Waals surface area contributed by atoms with Crippen molar-refractivity contribution in [1.82, 2.24) is 23.1 Å². The largest absolute Gasteiger partial charge is 0.491 e. The zero-order chi connectivity index (χ0) is 28.5. The number of sulfonamides is 2. The third-order valence-electron chi connectivity index (χ3n) is 7.24. The van der Waals surface area contributed by atoms with E-state index in [2.05, 4.69) is 18.8 Å². The number of benzene rings is 2. The van der Waals surface area contributed by atoms with Gasteiger partial charge in [0.2, 0.25) is 20.0 Å². The number of aromatic nitrogens is 2. The van der Waals surface area contributed by atoms with Gasteiger partial charge in [-0.3, -0.25) is 0 Å². The van der Waals surface area contributed by atoms with Gasteiger partial charge in [0.15, 0.2) is 0 Å². The number of halogens is 1. The van der Waals surface area contributed by atoms with Crippen molar-refractivity contribution in [3.63, 3.8) is 0 Å². The molecule has 0 saturated carbocycles. The van der Waals surface area contributed by atoms with Crippen LogP contribution >= 0.6 is 23.3 Å². The Hall–Kier alpha value is -1.95. The molecule has 2 aliphatic rings. The Labute approximate surface area is 242 Å². The Kier molecular flexibility index (Phi) is 8.67. The predicted molar refractivity (Wildman–Crippen MR) is 150 cm³/mol. The van der Waals surface area contributed by atoms with Gasteiger partial charge in [-0.25, -0.2) is 21.6 Å². The fourth-order valence-electron chi connectivity index (χ4n) is 5.04. The molecule has 2 fully saturated rings. The number of ether oxygens (including phenoxy) is 2. The average molecular weight is 632 g/mol. The van der Waals surface area contributed by atoms with Crippen molar-refractivity contribution in [1.29, 1.82) is 0 Å². The summed E-state index contributed by atoms with van der Waals surface area (Å²) in [6.07, 6.45) is 0.918. The van der Waals surface area contributed by atoms with Crippen LogP contribution in [-0.4, -0.2) is 92.6 Å². The van der Waals surface area contributed by atoms with Crippen molar-refractivity contribution >= 4 is 54.4 Å². The zero-order valence-corrected chi connectivity index (χ0v) is 24.8. The first-order valence-corrected chi connectivity index (χ1v) is 16.7. The molecule has 16 heteroatoms. The number of hydrogen-bond acceptors (Lipinski definition) is 11. The van der Waals surface area contributed by atoms with Crippen LogP contribution in [0.1, 0.15) is 19.3 Å². The summed E-state index contributed by atoms with van der Waals surface area (Å²) in [5, 5.41) is 13.8. The number of hydrogen-bond donors (Lipinski definition) is 3. The first-order chi connectivity index (χ1) is 19.0. The monoisotopic (exact) mass is 631 g/mol. The van der Waals surface area contributed by atoms with Crippen molar-refractivity contribution in [2.75, 3.05) is 39.9 Å². The molecule has 2 aromatic carbocycles. The molecule has 3 N–H and O–H groups in total. The van der Waals surface area contributed by atoms with Gasteiger partial charge in [0.05, 0.1) is 33.9 Å². The van der Waals surface area contributed by atoms with Gasteiger partial charge in [0.25, 0.3) is 0 Å². The molecule has 2 aliphatic heterocycles. The molecule has 0 aliphatic carbocycles. The van der Waals surface area contributed by atoms with Gasteiger partial charge < -0.3 is 19.9 Å². The number of fused-ring (bicyclic) bond motifs is 1. The standard InChI is InChI=1S/C24H30ClN5O7S3/c1-26-39(32,33)19-4-2-3-18(11-19)36-15-17(31)13-27-16-12-24(37-14-16)7-9-30(10-8-24)40(34,35)23-20(25)5-6-21-22(23)29-38-28-21/h2-6,11,16-17,26-27,31H,7-10,12-15H2,1H3/t16?,17-/m0/s1. The maximum absolute atomic E-state index is 13.5. The van der Waals surface area contributed by atoms with Gasteiger partial charge in [0, 0.05) is 31.7 Å². The van der Waals surface area contributed by atoms with Gasteiger partial charge in [-0.15, -0.1) is 0 Å². The fourth-order valence-corrected chi connectivity index (χ4v) is 8.48. The molecule has 1 spiro atoms. The Bertz CT molecular complexity index is 1580. The number of nitrogens with zero attached hydrogens (tertiary/aromatic N) is 3. The van der Waals surface area contributed by atoms with E-state index in [4.69, 9.17) is 21.1 Å². The lowest BCUT2D eigenvalue weighted by atomic mass is 9.88. The smallest absolute Gasteiger partial charge is 0.246 e. The van der Waals surface area contributed by atoms with Crippen molar-refractivity contribution < 1.29 is 31.4 Å². The number of aliphatic hydroxyl groups is 1. The van der Waals surface area contributed by atoms with E-state index < -0.39 is 31.8 Å². The van der Waals surface area contributed by atoms with Gasteiger partial charge in [-0.2, -0.15) is 13.1 Å². The molecule has 0 amide bonds. The van der Waals surface area contributed by atoms with Crippen molar-refractivity contribution in [3.8, 4) is 5.75 Å². The lowest BCUT2D eigenvalue weighted by molar-refractivity contribution is -0.0312. The number of rotatable bonds is 10. The van der Waals surface area contributed by atoms with Crippen LogP contribution in [0.15, 0.2) is 46.2 Å². The minimum Gasteiger partial charge on any atom is -0.491 e. The quantitative estimate of drug-likeness (QED) is 0.300. The topological polar surface area (TPSA) is 160 Å². The second-order valence-corrected chi connectivity index (χ2v) is 14.6. The highest BCUT2D eigenvalue weighted by Crippen LogP contribution is 2.39. The van der Waals surface area contributed by atoms with Crippen LogP contribution in [0.5, 0.6) is 5.75 Å². The number of piperidine rings is 1. The average Bonchev–Trinajstić information content (AvgIpc) is 3.58. The van der Waals surface area contributed by atoms with E-state index in [1.165, 1.54) is 29.6 Å². The van der Waals surface area contributed by atoms with Crippen molar-refractivity contribution in [3.05, 3.63) is 41.4 Å². The highest BCUT2D eigenvalue weighted by atomic mass is 35.5. The maximum Gasteiger partial charge on any atom is 0.246 e. The summed E-state index contributed by atoms with van der Waals surface area (Å²) < 4.78 is 74.6. The molecule has 5 rings (SSSR count). The first kappa shape index (κ1) is 29.5. The van der Waals surface area contributed by atoms with Crippen LogP contribution < -0.4 is 14.8 Å².